The summed E-state index contributed by atoms with van der Waals surface area (Å²) >= 11 is 0. The van der Waals surface area contributed by atoms with Crippen molar-refractivity contribution in [2.24, 2.45) is 5.92 Å². The third-order valence-corrected chi connectivity index (χ3v) is 6.52. The van der Waals surface area contributed by atoms with Crippen LogP contribution >= 0.6 is 0 Å². The van der Waals surface area contributed by atoms with Crippen molar-refractivity contribution in [3.05, 3.63) is 77.9 Å². The Bertz CT molecular complexity index is 1060. The maximum atomic E-state index is 13.6. The van der Waals surface area contributed by atoms with Crippen LogP contribution in [0.1, 0.15) is 38.3 Å². The van der Waals surface area contributed by atoms with Crippen molar-refractivity contribution >= 4 is 21.9 Å². The molecule has 0 radical (unpaired) electrons. The highest BCUT2D eigenvalue weighted by molar-refractivity contribution is 7.89. The van der Waals surface area contributed by atoms with Crippen molar-refractivity contribution in [1.82, 2.24) is 9.62 Å². The van der Waals surface area contributed by atoms with Crippen LogP contribution in [-0.2, 0) is 30.9 Å². The molecule has 8 heteroatoms. The number of amides is 1. The summed E-state index contributed by atoms with van der Waals surface area (Å²) in [6.07, 6.45) is 3.76. The molecule has 0 unspecified atom stereocenters. The molecule has 0 fully saturated rings. The van der Waals surface area contributed by atoms with Crippen molar-refractivity contribution in [3.63, 3.8) is 0 Å². The van der Waals surface area contributed by atoms with Gasteiger partial charge in [0.05, 0.1) is 4.90 Å². The number of carbonyl (C=O) groups excluding carboxylic acids is 2. The maximum Gasteiger partial charge on any atom is 0.302 e. The van der Waals surface area contributed by atoms with Gasteiger partial charge in [-0.3, -0.25) is 9.59 Å². The standard InChI is InChI=1S/C26H34N2O5S/c1-20(2)18-25(27-34(31,32)24-14-12-21(3)13-15-24)26(30)28(16-8-9-17-33-22(4)29)19-23-10-6-5-7-11-23/h5-15,20,25,27H,16-19H2,1-4H3/b9-8+/t25-/m0/s1. The molecule has 0 heterocycles. The number of esters is 1. The SMILES string of the molecule is CC(=O)OC/C=C/CN(Cc1ccccc1)C(=O)[C@H](CC(C)C)NS(=O)(=O)c1ccc(C)cc1. The van der Waals surface area contributed by atoms with Crippen LogP contribution in [0.4, 0.5) is 0 Å². The molecule has 1 amide bonds. The van der Waals surface area contributed by atoms with Gasteiger partial charge in [-0.2, -0.15) is 4.72 Å². The van der Waals surface area contributed by atoms with Crippen LogP contribution in [0.2, 0.25) is 0 Å². The van der Waals surface area contributed by atoms with Gasteiger partial charge in [0.2, 0.25) is 15.9 Å². The van der Waals surface area contributed by atoms with E-state index in [0.717, 1.165) is 11.1 Å². The molecule has 1 N–H and O–H groups in total. The molecule has 1 atom stereocenters. The van der Waals surface area contributed by atoms with E-state index in [1.165, 1.54) is 19.1 Å². The van der Waals surface area contributed by atoms with E-state index in [9.17, 15) is 18.0 Å². The van der Waals surface area contributed by atoms with Crippen LogP contribution < -0.4 is 4.72 Å². The number of sulfonamides is 1. The zero-order valence-corrected chi connectivity index (χ0v) is 21.0. The van der Waals surface area contributed by atoms with Crippen LogP contribution in [0.3, 0.4) is 0 Å². The number of rotatable bonds is 12. The number of nitrogens with zero attached hydrogens (tertiary/aromatic N) is 1. The van der Waals surface area contributed by atoms with Crippen LogP contribution in [0.15, 0.2) is 71.6 Å². The summed E-state index contributed by atoms with van der Waals surface area (Å²) in [6.45, 7) is 7.77. The Morgan fingerprint density at radius 2 is 1.68 bits per heavy atom. The van der Waals surface area contributed by atoms with Crippen LogP contribution in [0.25, 0.3) is 0 Å². The molecular weight excluding hydrogens is 452 g/mol. The van der Waals surface area contributed by atoms with E-state index in [-0.39, 0.29) is 35.8 Å². The lowest BCUT2D eigenvalue weighted by molar-refractivity contribution is -0.139. The predicted molar refractivity (Wildman–Crippen MR) is 132 cm³/mol. The van der Waals surface area contributed by atoms with Gasteiger partial charge in [0, 0.05) is 20.0 Å². The van der Waals surface area contributed by atoms with Gasteiger partial charge in [-0.1, -0.05) is 68.0 Å². The van der Waals surface area contributed by atoms with Gasteiger partial charge < -0.3 is 9.64 Å². The van der Waals surface area contributed by atoms with Crippen molar-refractivity contribution in [2.75, 3.05) is 13.2 Å². The summed E-state index contributed by atoms with van der Waals surface area (Å²) in [7, 11) is -3.88. The Kier molecular flexibility index (Phi) is 10.5. The lowest BCUT2D eigenvalue weighted by Crippen LogP contribution is -2.49. The molecule has 0 aliphatic carbocycles. The van der Waals surface area contributed by atoms with E-state index in [0.29, 0.717) is 13.0 Å². The minimum atomic E-state index is -3.88. The molecule has 2 rings (SSSR count). The van der Waals surface area contributed by atoms with Gasteiger partial charge in [-0.05, 0) is 43.0 Å². The highest BCUT2D eigenvalue weighted by Crippen LogP contribution is 2.16. The van der Waals surface area contributed by atoms with Crippen LogP contribution in [0, 0.1) is 12.8 Å². The zero-order valence-electron chi connectivity index (χ0n) is 20.2. The molecule has 0 spiro atoms. The number of carbonyl (C=O) groups is 2. The van der Waals surface area contributed by atoms with Gasteiger partial charge in [-0.15, -0.1) is 0 Å². The summed E-state index contributed by atoms with van der Waals surface area (Å²) in [4.78, 5) is 26.3. The topological polar surface area (TPSA) is 92.8 Å². The number of ether oxygens (including phenoxy) is 1. The van der Waals surface area contributed by atoms with E-state index in [2.05, 4.69) is 4.72 Å². The fraction of sp³-hybridized carbons (Fsp3) is 0.385. The van der Waals surface area contributed by atoms with Crippen molar-refractivity contribution < 1.29 is 22.7 Å². The second-order valence-corrected chi connectivity index (χ2v) is 10.3. The van der Waals surface area contributed by atoms with Crippen molar-refractivity contribution in [3.8, 4) is 0 Å². The minimum Gasteiger partial charge on any atom is -0.462 e. The average Bonchev–Trinajstić information content (AvgIpc) is 2.77. The fourth-order valence-electron chi connectivity index (χ4n) is 3.34. The van der Waals surface area contributed by atoms with Crippen molar-refractivity contribution in [1.29, 1.82) is 0 Å². The average molecular weight is 487 g/mol. The van der Waals surface area contributed by atoms with Gasteiger partial charge in [0.25, 0.3) is 0 Å². The molecule has 0 saturated heterocycles. The largest absolute Gasteiger partial charge is 0.462 e. The molecule has 34 heavy (non-hydrogen) atoms. The highest BCUT2D eigenvalue weighted by atomic mass is 32.2. The fourth-order valence-corrected chi connectivity index (χ4v) is 4.54. The molecule has 0 saturated carbocycles. The Morgan fingerprint density at radius 3 is 2.26 bits per heavy atom. The van der Waals surface area contributed by atoms with E-state index >= 15 is 0 Å². The number of aryl methyl sites for hydroxylation is 1. The Hall–Kier alpha value is -2.97. The molecule has 7 nitrogen and oxygen atoms in total. The van der Waals surface area contributed by atoms with Gasteiger partial charge in [0.15, 0.2) is 0 Å². The van der Waals surface area contributed by atoms with E-state index in [4.69, 9.17) is 4.74 Å². The van der Waals surface area contributed by atoms with Crippen LogP contribution in [-0.4, -0.2) is 44.4 Å². The molecule has 0 aromatic heterocycles. The molecule has 0 bridgehead atoms. The Balaban J connectivity index is 2.27. The van der Waals surface area contributed by atoms with Crippen molar-refractivity contribution in [2.45, 2.75) is 51.6 Å². The first kappa shape index (κ1) is 27.3. The smallest absolute Gasteiger partial charge is 0.302 e. The molecule has 0 aliphatic heterocycles. The summed E-state index contributed by atoms with van der Waals surface area (Å²) in [5, 5.41) is 0. The van der Waals surface area contributed by atoms with Gasteiger partial charge in [0.1, 0.15) is 12.6 Å². The molecule has 0 aliphatic rings. The van der Waals surface area contributed by atoms with Gasteiger partial charge >= 0.3 is 5.97 Å². The monoisotopic (exact) mass is 486 g/mol. The second-order valence-electron chi connectivity index (χ2n) is 8.59. The first-order valence-electron chi connectivity index (χ1n) is 11.3. The lowest BCUT2D eigenvalue weighted by Gasteiger charge is -2.28. The highest BCUT2D eigenvalue weighted by Gasteiger charge is 2.29. The molecule has 184 valence electrons. The minimum absolute atomic E-state index is 0.0905. The zero-order chi connectivity index (χ0) is 25.1. The second kappa shape index (κ2) is 13.1. The molecular formula is C26H34N2O5S. The van der Waals surface area contributed by atoms with Gasteiger partial charge in [-0.25, -0.2) is 8.42 Å². The number of hydrogen-bond donors (Lipinski definition) is 1. The summed E-state index contributed by atoms with van der Waals surface area (Å²) in [5.41, 5.74) is 1.87. The Morgan fingerprint density at radius 1 is 1.03 bits per heavy atom. The number of nitrogens with one attached hydrogen (secondary N) is 1. The normalized spacial score (nSPS) is 12.6. The number of benzene rings is 2. The number of hydrogen-bond acceptors (Lipinski definition) is 5. The summed E-state index contributed by atoms with van der Waals surface area (Å²) in [5.74, 6) is -0.609. The Labute approximate surface area is 202 Å². The lowest BCUT2D eigenvalue weighted by atomic mass is 10.0. The van der Waals surface area contributed by atoms with Crippen LogP contribution in [0.5, 0.6) is 0 Å². The molecule has 2 aromatic rings. The third kappa shape index (κ3) is 9.11. The summed E-state index contributed by atoms with van der Waals surface area (Å²) < 4.78 is 33.6. The first-order valence-corrected chi connectivity index (χ1v) is 12.8. The predicted octanol–water partition coefficient (Wildman–Crippen LogP) is 3.84. The quantitative estimate of drug-likeness (QED) is 0.364. The van der Waals surface area contributed by atoms with E-state index in [1.54, 1.807) is 29.2 Å². The first-order chi connectivity index (χ1) is 16.1. The maximum absolute atomic E-state index is 13.6. The molecule has 2 aromatic carbocycles. The van der Waals surface area contributed by atoms with E-state index < -0.39 is 16.1 Å². The third-order valence-electron chi connectivity index (χ3n) is 5.04. The summed E-state index contributed by atoms with van der Waals surface area (Å²) in [6, 6.07) is 15.1. The van der Waals surface area contributed by atoms with E-state index in [1.807, 2.05) is 51.1 Å².